The van der Waals surface area contributed by atoms with Crippen LogP contribution in [0.2, 0.25) is 0 Å². The van der Waals surface area contributed by atoms with Crippen LogP contribution in [0.15, 0.2) is 84.9 Å². The standard InChI is InChI=1S/C22H19NO2/c1-25-20-14-12-19(13-15-20)23-22(24)21(18-10-6-3-7-11-18)16-17-8-4-2-5-9-17/h2-16H,1H3,(H,23,24). The van der Waals surface area contributed by atoms with Gasteiger partial charge in [0.05, 0.1) is 7.11 Å². The number of nitrogens with one attached hydrogen (secondary N) is 1. The van der Waals surface area contributed by atoms with Gasteiger partial charge >= 0.3 is 0 Å². The van der Waals surface area contributed by atoms with E-state index in [2.05, 4.69) is 5.32 Å². The summed E-state index contributed by atoms with van der Waals surface area (Å²) in [5, 5.41) is 2.95. The van der Waals surface area contributed by atoms with Gasteiger partial charge in [-0.05, 0) is 41.5 Å². The molecule has 0 spiro atoms. The minimum atomic E-state index is -0.153. The maximum absolute atomic E-state index is 12.9. The van der Waals surface area contributed by atoms with Crippen molar-refractivity contribution in [3.8, 4) is 5.75 Å². The third-order valence-electron chi connectivity index (χ3n) is 3.79. The van der Waals surface area contributed by atoms with E-state index in [4.69, 9.17) is 4.74 Å². The quantitative estimate of drug-likeness (QED) is 0.535. The number of carbonyl (C=O) groups is 1. The molecular formula is C22H19NO2. The Bertz CT molecular complexity index is 854. The highest BCUT2D eigenvalue weighted by molar-refractivity contribution is 6.29. The summed E-state index contributed by atoms with van der Waals surface area (Å²) in [4.78, 5) is 12.9. The largest absolute Gasteiger partial charge is 0.497 e. The normalized spacial score (nSPS) is 11.0. The molecule has 0 saturated heterocycles. The predicted octanol–water partition coefficient (Wildman–Crippen LogP) is 4.87. The number of hydrogen-bond donors (Lipinski definition) is 1. The molecule has 124 valence electrons. The van der Waals surface area contributed by atoms with Crippen molar-refractivity contribution in [2.24, 2.45) is 0 Å². The lowest BCUT2D eigenvalue weighted by atomic mass is 10.0. The zero-order valence-electron chi connectivity index (χ0n) is 14.0. The number of methoxy groups -OCH3 is 1. The number of rotatable bonds is 5. The fraction of sp³-hybridized carbons (Fsp3) is 0.0455. The van der Waals surface area contributed by atoms with Crippen LogP contribution in [0, 0.1) is 0 Å². The Labute approximate surface area is 147 Å². The minimum Gasteiger partial charge on any atom is -0.497 e. The Hall–Kier alpha value is -3.33. The molecule has 1 amide bonds. The first-order chi connectivity index (χ1) is 12.3. The summed E-state index contributed by atoms with van der Waals surface area (Å²) in [7, 11) is 1.61. The first-order valence-electron chi connectivity index (χ1n) is 8.04. The van der Waals surface area contributed by atoms with Gasteiger partial charge in [0.2, 0.25) is 0 Å². The van der Waals surface area contributed by atoms with Crippen LogP contribution in [0.5, 0.6) is 5.75 Å². The molecule has 0 atom stereocenters. The van der Waals surface area contributed by atoms with E-state index >= 15 is 0 Å². The van der Waals surface area contributed by atoms with Crippen molar-refractivity contribution in [2.45, 2.75) is 0 Å². The van der Waals surface area contributed by atoms with Crippen LogP contribution in [0.25, 0.3) is 11.6 Å². The van der Waals surface area contributed by atoms with Crippen LogP contribution in [0.1, 0.15) is 11.1 Å². The Morgan fingerprint density at radius 1 is 0.840 bits per heavy atom. The van der Waals surface area contributed by atoms with Crippen molar-refractivity contribution in [1.82, 2.24) is 0 Å². The number of benzene rings is 3. The molecule has 0 aromatic heterocycles. The zero-order chi connectivity index (χ0) is 17.5. The molecule has 0 aliphatic heterocycles. The maximum Gasteiger partial charge on any atom is 0.256 e. The van der Waals surface area contributed by atoms with Gasteiger partial charge in [-0.3, -0.25) is 4.79 Å². The van der Waals surface area contributed by atoms with Crippen LogP contribution >= 0.6 is 0 Å². The van der Waals surface area contributed by atoms with Crippen LogP contribution in [0.3, 0.4) is 0 Å². The summed E-state index contributed by atoms with van der Waals surface area (Å²) in [5.74, 6) is 0.598. The second-order valence-corrected chi connectivity index (χ2v) is 5.52. The second kappa shape index (κ2) is 7.97. The Kier molecular flexibility index (Phi) is 5.27. The molecule has 25 heavy (non-hydrogen) atoms. The highest BCUT2D eigenvalue weighted by Crippen LogP contribution is 2.21. The second-order valence-electron chi connectivity index (χ2n) is 5.52. The summed E-state index contributed by atoms with van der Waals surface area (Å²) >= 11 is 0. The molecule has 0 aliphatic rings. The van der Waals surface area contributed by atoms with Crippen molar-refractivity contribution in [3.05, 3.63) is 96.1 Å². The number of carbonyl (C=O) groups excluding carboxylic acids is 1. The van der Waals surface area contributed by atoms with Crippen molar-refractivity contribution in [2.75, 3.05) is 12.4 Å². The Balaban J connectivity index is 1.91. The molecule has 3 heteroatoms. The van der Waals surface area contributed by atoms with E-state index in [1.165, 1.54) is 0 Å². The van der Waals surface area contributed by atoms with Crippen molar-refractivity contribution in [1.29, 1.82) is 0 Å². The molecule has 0 fully saturated rings. The highest BCUT2D eigenvalue weighted by atomic mass is 16.5. The van der Waals surface area contributed by atoms with E-state index in [-0.39, 0.29) is 5.91 Å². The lowest BCUT2D eigenvalue weighted by molar-refractivity contribution is -0.111. The fourth-order valence-corrected chi connectivity index (χ4v) is 2.49. The number of ether oxygens (including phenoxy) is 1. The third kappa shape index (κ3) is 4.36. The SMILES string of the molecule is COc1ccc(NC(=O)C(=Cc2ccccc2)c2ccccc2)cc1. The van der Waals surface area contributed by atoms with Gasteiger partial charge in [0.25, 0.3) is 5.91 Å². The first-order valence-corrected chi connectivity index (χ1v) is 8.04. The van der Waals surface area contributed by atoms with Crippen LogP contribution in [-0.4, -0.2) is 13.0 Å². The van der Waals surface area contributed by atoms with Crippen LogP contribution in [0.4, 0.5) is 5.69 Å². The highest BCUT2D eigenvalue weighted by Gasteiger charge is 2.12. The molecule has 3 nitrogen and oxygen atoms in total. The zero-order valence-corrected chi connectivity index (χ0v) is 14.0. The van der Waals surface area contributed by atoms with Gasteiger partial charge in [-0.1, -0.05) is 60.7 Å². The van der Waals surface area contributed by atoms with E-state index < -0.39 is 0 Å². The molecule has 0 radical (unpaired) electrons. The summed E-state index contributed by atoms with van der Waals surface area (Å²) in [6, 6.07) is 26.7. The predicted molar refractivity (Wildman–Crippen MR) is 102 cm³/mol. The van der Waals surface area contributed by atoms with Crippen LogP contribution < -0.4 is 10.1 Å². The van der Waals surface area contributed by atoms with E-state index in [1.807, 2.05) is 91.0 Å². The summed E-state index contributed by atoms with van der Waals surface area (Å²) in [6.07, 6.45) is 1.90. The Morgan fingerprint density at radius 2 is 1.44 bits per heavy atom. The van der Waals surface area contributed by atoms with Gasteiger partial charge in [-0.25, -0.2) is 0 Å². The summed E-state index contributed by atoms with van der Waals surface area (Å²) in [5.41, 5.74) is 3.19. The van der Waals surface area contributed by atoms with Crippen molar-refractivity contribution < 1.29 is 9.53 Å². The van der Waals surface area contributed by atoms with E-state index in [9.17, 15) is 4.79 Å². The average Bonchev–Trinajstić information content (AvgIpc) is 2.68. The molecule has 3 rings (SSSR count). The molecule has 0 saturated carbocycles. The molecule has 0 heterocycles. The van der Waals surface area contributed by atoms with Crippen molar-refractivity contribution in [3.63, 3.8) is 0 Å². The molecular weight excluding hydrogens is 310 g/mol. The van der Waals surface area contributed by atoms with E-state index in [1.54, 1.807) is 7.11 Å². The average molecular weight is 329 g/mol. The van der Waals surface area contributed by atoms with Gasteiger partial charge in [-0.2, -0.15) is 0 Å². The van der Waals surface area contributed by atoms with Gasteiger partial charge in [0, 0.05) is 11.3 Å². The van der Waals surface area contributed by atoms with Gasteiger partial charge in [0.15, 0.2) is 0 Å². The molecule has 0 bridgehead atoms. The van der Waals surface area contributed by atoms with Gasteiger partial charge in [-0.15, -0.1) is 0 Å². The van der Waals surface area contributed by atoms with Gasteiger partial charge < -0.3 is 10.1 Å². The Morgan fingerprint density at radius 3 is 2.04 bits per heavy atom. The number of amides is 1. The van der Waals surface area contributed by atoms with E-state index in [0.717, 1.165) is 22.6 Å². The number of anilines is 1. The first kappa shape index (κ1) is 16.5. The smallest absolute Gasteiger partial charge is 0.256 e. The van der Waals surface area contributed by atoms with E-state index in [0.29, 0.717) is 5.57 Å². The van der Waals surface area contributed by atoms with Crippen LogP contribution in [-0.2, 0) is 4.79 Å². The lowest BCUT2D eigenvalue weighted by Crippen LogP contribution is -2.13. The van der Waals surface area contributed by atoms with Crippen molar-refractivity contribution >= 4 is 23.2 Å². The molecule has 0 unspecified atom stereocenters. The molecule has 3 aromatic carbocycles. The fourth-order valence-electron chi connectivity index (χ4n) is 2.49. The monoisotopic (exact) mass is 329 g/mol. The van der Waals surface area contributed by atoms with Gasteiger partial charge in [0.1, 0.15) is 5.75 Å². The molecule has 1 N–H and O–H groups in total. The summed E-state index contributed by atoms with van der Waals surface area (Å²) < 4.78 is 5.15. The number of hydrogen-bond acceptors (Lipinski definition) is 2. The molecule has 3 aromatic rings. The minimum absolute atomic E-state index is 0.153. The maximum atomic E-state index is 12.9. The molecule has 0 aliphatic carbocycles. The lowest BCUT2D eigenvalue weighted by Gasteiger charge is -2.10. The topological polar surface area (TPSA) is 38.3 Å². The third-order valence-corrected chi connectivity index (χ3v) is 3.79. The summed E-state index contributed by atoms with van der Waals surface area (Å²) in [6.45, 7) is 0.